The Bertz CT molecular complexity index is 346. The second-order valence-corrected chi connectivity index (χ2v) is 2.82. The summed E-state index contributed by atoms with van der Waals surface area (Å²) in [6, 6.07) is 6.20. The van der Waals surface area contributed by atoms with E-state index in [2.05, 4.69) is 5.32 Å². The van der Waals surface area contributed by atoms with Crippen molar-refractivity contribution in [3.8, 4) is 6.07 Å². The lowest BCUT2D eigenvalue weighted by atomic mass is 10.1. The Morgan fingerprint density at radius 3 is 2.86 bits per heavy atom. The average Bonchev–Trinajstić information content (AvgIpc) is 2.20. The van der Waals surface area contributed by atoms with Crippen molar-refractivity contribution in [2.24, 2.45) is 0 Å². The first-order chi connectivity index (χ1) is 6.77. The zero-order chi connectivity index (χ0) is 10.4. The zero-order valence-electron chi connectivity index (χ0n) is 7.63. The topological polar surface area (TPSA) is 56.0 Å². The second kappa shape index (κ2) is 5.32. The van der Waals surface area contributed by atoms with E-state index in [0.717, 1.165) is 0 Å². The summed E-state index contributed by atoms with van der Waals surface area (Å²) < 4.78 is 13.2. The molecule has 4 heteroatoms. The van der Waals surface area contributed by atoms with Crippen molar-refractivity contribution in [2.45, 2.75) is 6.54 Å². The van der Waals surface area contributed by atoms with E-state index in [4.69, 9.17) is 10.4 Å². The van der Waals surface area contributed by atoms with Gasteiger partial charge in [0.05, 0.1) is 18.2 Å². The van der Waals surface area contributed by atoms with Crippen molar-refractivity contribution >= 4 is 0 Å². The van der Waals surface area contributed by atoms with Crippen molar-refractivity contribution in [1.82, 2.24) is 5.32 Å². The summed E-state index contributed by atoms with van der Waals surface area (Å²) in [6.45, 7) is 0.815. The molecule has 0 spiro atoms. The number of nitrogens with one attached hydrogen (secondary N) is 1. The van der Waals surface area contributed by atoms with E-state index in [1.165, 1.54) is 6.07 Å². The van der Waals surface area contributed by atoms with Crippen LogP contribution in [0.3, 0.4) is 0 Å². The van der Waals surface area contributed by atoms with E-state index in [9.17, 15) is 4.39 Å². The number of aliphatic hydroxyl groups excluding tert-OH is 1. The largest absolute Gasteiger partial charge is 0.395 e. The zero-order valence-corrected chi connectivity index (χ0v) is 7.63. The van der Waals surface area contributed by atoms with Gasteiger partial charge in [-0.25, -0.2) is 4.39 Å². The Morgan fingerprint density at radius 2 is 2.29 bits per heavy atom. The molecular weight excluding hydrogens is 183 g/mol. The molecule has 0 fully saturated rings. The minimum absolute atomic E-state index is 0.0257. The van der Waals surface area contributed by atoms with Crippen LogP contribution in [0.25, 0.3) is 0 Å². The molecule has 1 aromatic rings. The van der Waals surface area contributed by atoms with Gasteiger partial charge in [0, 0.05) is 18.7 Å². The summed E-state index contributed by atoms with van der Waals surface area (Å²) in [5.41, 5.74) is 0.811. The lowest BCUT2D eigenvalue weighted by Gasteiger charge is -2.04. The van der Waals surface area contributed by atoms with Crippen LogP contribution in [0.1, 0.15) is 11.1 Å². The third-order valence-corrected chi connectivity index (χ3v) is 1.79. The Balaban J connectivity index is 2.65. The number of rotatable bonds is 4. The van der Waals surface area contributed by atoms with E-state index < -0.39 is 5.82 Å². The number of hydrogen-bond acceptors (Lipinski definition) is 3. The predicted octanol–water partition coefficient (Wildman–Crippen LogP) is 0.779. The highest BCUT2D eigenvalue weighted by Crippen LogP contribution is 2.09. The summed E-state index contributed by atoms with van der Waals surface area (Å²) in [7, 11) is 0. The maximum Gasteiger partial charge on any atom is 0.129 e. The van der Waals surface area contributed by atoms with E-state index in [0.29, 0.717) is 24.2 Å². The summed E-state index contributed by atoms with van der Waals surface area (Å²) in [4.78, 5) is 0. The van der Waals surface area contributed by atoms with Gasteiger partial charge in [0.2, 0.25) is 0 Å². The Morgan fingerprint density at radius 1 is 1.50 bits per heavy atom. The number of benzene rings is 1. The molecule has 0 aromatic heterocycles. The van der Waals surface area contributed by atoms with Crippen LogP contribution in [0.4, 0.5) is 4.39 Å². The summed E-state index contributed by atoms with van der Waals surface area (Å²) in [6.07, 6.45) is 0. The Kier molecular flexibility index (Phi) is 4.05. The fourth-order valence-corrected chi connectivity index (χ4v) is 1.06. The van der Waals surface area contributed by atoms with Gasteiger partial charge < -0.3 is 10.4 Å². The van der Waals surface area contributed by atoms with Gasteiger partial charge in [-0.05, 0) is 12.1 Å². The number of nitriles is 1. The third kappa shape index (κ3) is 2.80. The van der Waals surface area contributed by atoms with Crippen LogP contribution in [-0.2, 0) is 6.54 Å². The molecule has 0 amide bonds. The van der Waals surface area contributed by atoms with Crippen LogP contribution in [0, 0.1) is 17.1 Å². The monoisotopic (exact) mass is 194 g/mol. The second-order valence-electron chi connectivity index (χ2n) is 2.82. The number of hydrogen-bond donors (Lipinski definition) is 2. The maximum atomic E-state index is 13.2. The average molecular weight is 194 g/mol. The summed E-state index contributed by atoms with van der Waals surface area (Å²) >= 11 is 0. The maximum absolute atomic E-state index is 13.2. The molecule has 0 aliphatic carbocycles. The fourth-order valence-electron chi connectivity index (χ4n) is 1.06. The first-order valence-electron chi connectivity index (χ1n) is 4.28. The first-order valence-corrected chi connectivity index (χ1v) is 4.28. The smallest absolute Gasteiger partial charge is 0.129 e. The van der Waals surface area contributed by atoms with Gasteiger partial charge in [-0.1, -0.05) is 6.07 Å². The van der Waals surface area contributed by atoms with E-state index in [-0.39, 0.29) is 6.61 Å². The highest BCUT2D eigenvalue weighted by Gasteiger charge is 2.02. The van der Waals surface area contributed by atoms with Crippen molar-refractivity contribution in [3.05, 3.63) is 35.1 Å². The fraction of sp³-hybridized carbons (Fsp3) is 0.300. The number of aliphatic hydroxyl groups is 1. The van der Waals surface area contributed by atoms with Crippen LogP contribution >= 0.6 is 0 Å². The molecule has 1 aromatic carbocycles. The SMILES string of the molecule is N#Cc1ccc(CNCCO)c(F)c1. The molecule has 2 N–H and O–H groups in total. The van der Waals surface area contributed by atoms with E-state index in [1.54, 1.807) is 12.1 Å². The van der Waals surface area contributed by atoms with Crippen LogP contribution in [0.2, 0.25) is 0 Å². The normalized spacial score (nSPS) is 9.79. The molecule has 0 aliphatic rings. The Labute approximate surface area is 81.8 Å². The molecular formula is C10H11FN2O. The minimum Gasteiger partial charge on any atom is -0.395 e. The highest BCUT2D eigenvalue weighted by molar-refractivity contribution is 5.32. The van der Waals surface area contributed by atoms with Crippen LogP contribution < -0.4 is 5.32 Å². The van der Waals surface area contributed by atoms with Gasteiger partial charge in [0.15, 0.2) is 0 Å². The lowest BCUT2D eigenvalue weighted by molar-refractivity contribution is 0.291. The first kappa shape index (κ1) is 10.6. The molecule has 0 saturated heterocycles. The van der Waals surface area contributed by atoms with Gasteiger partial charge in [-0.15, -0.1) is 0 Å². The molecule has 0 aliphatic heterocycles. The number of nitrogens with zero attached hydrogens (tertiary/aromatic N) is 1. The predicted molar refractivity (Wildman–Crippen MR) is 49.9 cm³/mol. The summed E-state index contributed by atoms with van der Waals surface area (Å²) in [5.74, 6) is -0.394. The third-order valence-electron chi connectivity index (χ3n) is 1.79. The molecule has 74 valence electrons. The van der Waals surface area contributed by atoms with Crippen LogP contribution in [-0.4, -0.2) is 18.3 Å². The quantitative estimate of drug-likeness (QED) is 0.696. The molecule has 14 heavy (non-hydrogen) atoms. The van der Waals surface area contributed by atoms with E-state index in [1.807, 2.05) is 6.07 Å². The van der Waals surface area contributed by atoms with E-state index >= 15 is 0 Å². The van der Waals surface area contributed by atoms with Gasteiger partial charge in [-0.2, -0.15) is 5.26 Å². The lowest BCUT2D eigenvalue weighted by Crippen LogP contribution is -2.18. The minimum atomic E-state index is -0.394. The molecule has 0 unspecified atom stereocenters. The Hall–Kier alpha value is -1.44. The standard InChI is InChI=1S/C10H11FN2O/c11-10-5-8(6-12)1-2-9(10)7-13-3-4-14/h1-2,5,13-14H,3-4,7H2. The van der Waals surface area contributed by atoms with Crippen molar-refractivity contribution < 1.29 is 9.50 Å². The molecule has 3 nitrogen and oxygen atoms in total. The van der Waals surface area contributed by atoms with Gasteiger partial charge in [-0.3, -0.25) is 0 Å². The van der Waals surface area contributed by atoms with Gasteiger partial charge >= 0.3 is 0 Å². The van der Waals surface area contributed by atoms with Crippen LogP contribution in [0.15, 0.2) is 18.2 Å². The highest BCUT2D eigenvalue weighted by atomic mass is 19.1. The van der Waals surface area contributed by atoms with Crippen LogP contribution in [0.5, 0.6) is 0 Å². The van der Waals surface area contributed by atoms with Gasteiger partial charge in [0.25, 0.3) is 0 Å². The van der Waals surface area contributed by atoms with Crippen molar-refractivity contribution in [1.29, 1.82) is 5.26 Å². The molecule has 0 radical (unpaired) electrons. The summed E-state index contributed by atoms with van der Waals surface area (Å²) in [5, 5.41) is 19.9. The molecule has 0 saturated carbocycles. The number of halogens is 1. The molecule has 0 heterocycles. The van der Waals surface area contributed by atoms with Gasteiger partial charge in [0.1, 0.15) is 5.82 Å². The molecule has 0 bridgehead atoms. The van der Waals surface area contributed by atoms with Crippen molar-refractivity contribution in [2.75, 3.05) is 13.2 Å². The molecule has 1 rings (SSSR count). The van der Waals surface area contributed by atoms with Crippen molar-refractivity contribution in [3.63, 3.8) is 0 Å². The molecule has 0 atom stereocenters.